The molecule has 0 heterocycles. The van der Waals surface area contributed by atoms with E-state index >= 15 is 0 Å². The lowest BCUT2D eigenvalue weighted by molar-refractivity contribution is -0.116. The Labute approximate surface area is 317 Å². The quantitative estimate of drug-likeness (QED) is 0.0557. The number of methoxy groups -OCH3 is 3. The summed E-state index contributed by atoms with van der Waals surface area (Å²) in [6.07, 6.45) is 1.49. The van der Waals surface area contributed by atoms with Crippen LogP contribution in [-0.2, 0) is 14.3 Å². The molecule has 3 amide bonds. The molecule has 0 aliphatic rings. The first-order valence-electron chi connectivity index (χ1n) is 16.8. The Hall–Kier alpha value is -6.53. The van der Waals surface area contributed by atoms with Crippen molar-refractivity contribution in [2.24, 2.45) is 0 Å². The summed E-state index contributed by atoms with van der Waals surface area (Å²) in [5, 5.41) is 7.90. The lowest BCUT2D eigenvalue weighted by Gasteiger charge is -2.18. The summed E-state index contributed by atoms with van der Waals surface area (Å²) in [5.74, 6) is -0.548. The lowest BCUT2D eigenvalue weighted by Crippen LogP contribution is -2.30. The van der Waals surface area contributed by atoms with Crippen molar-refractivity contribution >= 4 is 52.9 Å². The number of ether oxygens (including phenoxy) is 4. The standard InChI is InChI=1S/C42H39N3O8S/c1-5-53-42(49)29-16-18-31(19-17-29)44-41(48)38(27-12-8-6-9-13-27)54-33-22-20-32(21-23-33)43-40(47)34(45-39(46)28-14-10-7-11-15-28)24-30-25-36(51-3)37(52-4)26-35(30)50-2/h6-26,38H,5H2,1-4H3,(H,43,47)(H,44,48)(H,45,46)/b34-24-. The van der Waals surface area contributed by atoms with Gasteiger partial charge < -0.3 is 34.9 Å². The average molecular weight is 746 g/mol. The van der Waals surface area contributed by atoms with Crippen molar-refractivity contribution in [1.29, 1.82) is 0 Å². The first kappa shape index (κ1) is 38.7. The number of benzene rings is 5. The van der Waals surface area contributed by atoms with Crippen LogP contribution in [-0.4, -0.2) is 51.6 Å². The molecule has 0 spiro atoms. The second-order valence-electron chi connectivity index (χ2n) is 11.5. The predicted molar refractivity (Wildman–Crippen MR) is 209 cm³/mol. The van der Waals surface area contributed by atoms with Crippen molar-refractivity contribution in [3.8, 4) is 17.2 Å². The van der Waals surface area contributed by atoms with Crippen LogP contribution in [0.2, 0.25) is 0 Å². The molecule has 0 fully saturated rings. The molecule has 12 heteroatoms. The van der Waals surface area contributed by atoms with Crippen LogP contribution in [0.4, 0.5) is 11.4 Å². The van der Waals surface area contributed by atoms with E-state index in [2.05, 4.69) is 16.0 Å². The highest BCUT2D eigenvalue weighted by Gasteiger charge is 2.23. The normalized spacial score (nSPS) is 11.4. The Morgan fingerprint density at radius 2 is 1.24 bits per heavy atom. The monoisotopic (exact) mass is 745 g/mol. The number of rotatable bonds is 15. The summed E-state index contributed by atoms with van der Waals surface area (Å²) >= 11 is 1.33. The fraction of sp³-hybridized carbons (Fsp3) is 0.143. The smallest absolute Gasteiger partial charge is 0.338 e. The van der Waals surface area contributed by atoms with Gasteiger partial charge in [0.2, 0.25) is 5.91 Å². The molecule has 0 aromatic heterocycles. The Balaban J connectivity index is 1.36. The highest BCUT2D eigenvalue weighted by Crippen LogP contribution is 2.38. The molecule has 276 valence electrons. The Morgan fingerprint density at radius 3 is 1.85 bits per heavy atom. The van der Waals surface area contributed by atoms with Gasteiger partial charge in [-0.3, -0.25) is 14.4 Å². The highest BCUT2D eigenvalue weighted by molar-refractivity contribution is 8.00. The number of thioether (sulfide) groups is 1. The minimum absolute atomic E-state index is 0.0519. The van der Waals surface area contributed by atoms with Crippen LogP contribution in [0.1, 0.15) is 44.0 Å². The summed E-state index contributed by atoms with van der Waals surface area (Å²) in [5.41, 5.74) is 2.92. The molecule has 1 unspecified atom stereocenters. The van der Waals surface area contributed by atoms with Gasteiger partial charge in [-0.05, 0) is 85.3 Å². The predicted octanol–water partition coefficient (Wildman–Crippen LogP) is 7.77. The lowest BCUT2D eigenvalue weighted by atomic mass is 10.1. The summed E-state index contributed by atoms with van der Waals surface area (Å²) in [7, 11) is 4.48. The van der Waals surface area contributed by atoms with Crippen LogP contribution in [0.15, 0.2) is 132 Å². The molecule has 0 saturated carbocycles. The molecular formula is C42H39N3O8S. The van der Waals surface area contributed by atoms with Gasteiger partial charge in [-0.2, -0.15) is 0 Å². The van der Waals surface area contributed by atoms with Gasteiger partial charge in [0.15, 0.2) is 11.5 Å². The Kier molecular flexibility index (Phi) is 13.5. The number of anilines is 2. The maximum atomic E-state index is 13.8. The molecule has 0 saturated heterocycles. The molecule has 5 rings (SSSR count). The SMILES string of the molecule is CCOC(=O)c1ccc(NC(=O)C(Sc2ccc(NC(=O)/C(=C/c3cc(OC)c(OC)cc3OC)NC(=O)c3ccccc3)cc2)c2ccccc2)cc1. The first-order valence-corrected chi connectivity index (χ1v) is 17.7. The van der Waals surface area contributed by atoms with Gasteiger partial charge in [0.25, 0.3) is 11.8 Å². The van der Waals surface area contributed by atoms with E-state index in [1.807, 2.05) is 30.3 Å². The summed E-state index contributed by atoms with van der Waals surface area (Å²) in [4.78, 5) is 53.5. The van der Waals surface area contributed by atoms with Crippen LogP contribution in [0.25, 0.3) is 6.08 Å². The van der Waals surface area contributed by atoms with Gasteiger partial charge in [-0.25, -0.2) is 4.79 Å². The minimum atomic E-state index is -0.629. The molecule has 54 heavy (non-hydrogen) atoms. The van der Waals surface area contributed by atoms with Gasteiger partial charge in [0.05, 0.1) is 33.5 Å². The van der Waals surface area contributed by atoms with Gasteiger partial charge in [0, 0.05) is 33.5 Å². The van der Waals surface area contributed by atoms with Crippen molar-refractivity contribution in [3.05, 3.63) is 149 Å². The van der Waals surface area contributed by atoms with Crippen LogP contribution in [0.5, 0.6) is 17.2 Å². The number of carbonyl (C=O) groups is 4. The molecule has 0 radical (unpaired) electrons. The van der Waals surface area contributed by atoms with Crippen molar-refractivity contribution in [1.82, 2.24) is 5.32 Å². The molecule has 3 N–H and O–H groups in total. The number of esters is 1. The second kappa shape index (κ2) is 18.8. The van der Waals surface area contributed by atoms with Crippen molar-refractivity contribution < 1.29 is 38.1 Å². The van der Waals surface area contributed by atoms with Gasteiger partial charge >= 0.3 is 5.97 Å². The van der Waals surface area contributed by atoms with Crippen molar-refractivity contribution in [2.45, 2.75) is 17.1 Å². The molecule has 1 atom stereocenters. The summed E-state index contributed by atoms with van der Waals surface area (Å²) < 4.78 is 21.4. The van der Waals surface area contributed by atoms with E-state index in [-0.39, 0.29) is 18.2 Å². The fourth-order valence-corrected chi connectivity index (χ4v) is 6.25. The third-order valence-corrected chi connectivity index (χ3v) is 9.20. The molecule has 11 nitrogen and oxygen atoms in total. The largest absolute Gasteiger partial charge is 0.496 e. The molecule has 5 aromatic carbocycles. The maximum Gasteiger partial charge on any atom is 0.338 e. The first-order chi connectivity index (χ1) is 26.2. The zero-order valence-corrected chi connectivity index (χ0v) is 30.9. The van der Waals surface area contributed by atoms with E-state index in [9.17, 15) is 19.2 Å². The van der Waals surface area contributed by atoms with Crippen LogP contribution < -0.4 is 30.2 Å². The third kappa shape index (κ3) is 10.1. The number of nitrogens with one attached hydrogen (secondary N) is 3. The van der Waals surface area contributed by atoms with Crippen LogP contribution in [0.3, 0.4) is 0 Å². The average Bonchev–Trinajstić information content (AvgIpc) is 3.20. The number of hydrogen-bond acceptors (Lipinski definition) is 9. The molecular weight excluding hydrogens is 707 g/mol. The topological polar surface area (TPSA) is 141 Å². The van der Waals surface area contributed by atoms with Gasteiger partial charge in [-0.1, -0.05) is 48.5 Å². The number of carbonyl (C=O) groups excluding carboxylic acids is 4. The van der Waals surface area contributed by atoms with Crippen molar-refractivity contribution in [3.63, 3.8) is 0 Å². The van der Waals surface area contributed by atoms with E-state index in [0.717, 1.165) is 10.5 Å². The fourth-order valence-electron chi connectivity index (χ4n) is 5.23. The van der Waals surface area contributed by atoms with Crippen LogP contribution >= 0.6 is 11.8 Å². The third-order valence-electron chi connectivity index (χ3n) is 7.93. The Bertz CT molecular complexity index is 2110. The second-order valence-corrected chi connectivity index (χ2v) is 12.7. The zero-order chi connectivity index (χ0) is 38.5. The summed E-state index contributed by atoms with van der Waals surface area (Å²) in [6.45, 7) is 2.00. The number of hydrogen-bond donors (Lipinski definition) is 3. The van der Waals surface area contributed by atoms with Gasteiger partial charge in [-0.15, -0.1) is 11.8 Å². The van der Waals surface area contributed by atoms with E-state index in [4.69, 9.17) is 18.9 Å². The van der Waals surface area contributed by atoms with E-state index in [0.29, 0.717) is 45.3 Å². The highest BCUT2D eigenvalue weighted by atomic mass is 32.2. The zero-order valence-electron chi connectivity index (χ0n) is 30.1. The van der Waals surface area contributed by atoms with E-state index < -0.39 is 23.0 Å². The molecule has 0 aliphatic heterocycles. The molecule has 0 bridgehead atoms. The van der Waals surface area contributed by atoms with Crippen molar-refractivity contribution in [2.75, 3.05) is 38.6 Å². The number of amides is 3. The maximum absolute atomic E-state index is 13.8. The summed E-state index contributed by atoms with van der Waals surface area (Å²) in [6, 6.07) is 34.7. The molecule has 0 aliphatic carbocycles. The van der Waals surface area contributed by atoms with E-state index in [1.165, 1.54) is 39.2 Å². The van der Waals surface area contributed by atoms with Gasteiger partial charge in [0.1, 0.15) is 16.7 Å². The van der Waals surface area contributed by atoms with Crippen LogP contribution in [0, 0.1) is 0 Å². The van der Waals surface area contributed by atoms with E-state index in [1.54, 1.807) is 97.9 Å². The minimum Gasteiger partial charge on any atom is -0.496 e. The molecule has 5 aromatic rings. The Morgan fingerprint density at radius 1 is 0.667 bits per heavy atom.